The normalized spacial score (nSPS) is 17.8. The molecule has 3 N–H and O–H groups in total. The van der Waals surface area contributed by atoms with Crippen molar-refractivity contribution in [3.05, 3.63) is 29.8 Å². The second-order valence-corrected chi connectivity index (χ2v) is 10.5. The van der Waals surface area contributed by atoms with Gasteiger partial charge in [-0.1, -0.05) is 38.3 Å². The van der Waals surface area contributed by atoms with Crippen LogP contribution >= 0.6 is 11.8 Å². The first kappa shape index (κ1) is 26.5. The fraction of sp³-hybridized carbons (Fsp3) is 0.654. The quantitative estimate of drug-likeness (QED) is 0.416. The third kappa shape index (κ3) is 8.95. The van der Waals surface area contributed by atoms with E-state index in [1.807, 2.05) is 31.2 Å². The van der Waals surface area contributed by atoms with Crippen molar-refractivity contribution in [3.63, 3.8) is 0 Å². The molecule has 2 aliphatic rings. The fourth-order valence-electron chi connectivity index (χ4n) is 4.65. The molecule has 2 fully saturated rings. The van der Waals surface area contributed by atoms with Gasteiger partial charge in [-0.05, 0) is 50.2 Å². The molecule has 3 rings (SSSR count). The van der Waals surface area contributed by atoms with Gasteiger partial charge >= 0.3 is 0 Å². The summed E-state index contributed by atoms with van der Waals surface area (Å²) in [5, 5.41) is 9.15. The van der Waals surface area contributed by atoms with Crippen LogP contribution < -0.4 is 16.0 Å². The first-order valence-electron chi connectivity index (χ1n) is 12.8. The summed E-state index contributed by atoms with van der Waals surface area (Å²) in [4.78, 5) is 40.2. The van der Waals surface area contributed by atoms with Gasteiger partial charge in [0.15, 0.2) is 0 Å². The average Bonchev–Trinajstić information content (AvgIpc) is 2.87. The topological polar surface area (TPSA) is 90.5 Å². The van der Waals surface area contributed by atoms with E-state index in [0.29, 0.717) is 30.3 Å². The van der Waals surface area contributed by atoms with Gasteiger partial charge < -0.3 is 16.0 Å². The van der Waals surface area contributed by atoms with Gasteiger partial charge in [-0.3, -0.25) is 19.3 Å². The Morgan fingerprint density at radius 3 is 2.44 bits per heavy atom. The molecule has 0 atom stereocenters. The molecule has 3 amide bonds. The number of nitrogens with one attached hydrogen (secondary N) is 3. The lowest BCUT2D eigenvalue weighted by Crippen LogP contribution is -2.47. The molecule has 7 nitrogen and oxygen atoms in total. The van der Waals surface area contributed by atoms with Gasteiger partial charge in [-0.25, -0.2) is 0 Å². The van der Waals surface area contributed by atoms with Crippen molar-refractivity contribution in [2.75, 3.05) is 38.5 Å². The highest BCUT2D eigenvalue weighted by Gasteiger charge is 2.23. The number of hydrogen-bond donors (Lipinski definition) is 3. The van der Waals surface area contributed by atoms with Crippen LogP contribution in [0, 0.1) is 5.92 Å². The molecule has 188 valence electrons. The first-order chi connectivity index (χ1) is 16.5. The summed E-state index contributed by atoms with van der Waals surface area (Å²) >= 11 is 1.42. The van der Waals surface area contributed by atoms with Crippen LogP contribution in [0.4, 0.5) is 0 Å². The Kier molecular flexibility index (Phi) is 11.2. The predicted octanol–water partition coefficient (Wildman–Crippen LogP) is 3.20. The number of carbonyl (C=O) groups is 3. The number of rotatable bonds is 11. The van der Waals surface area contributed by atoms with Crippen molar-refractivity contribution in [1.29, 1.82) is 0 Å². The van der Waals surface area contributed by atoms with Gasteiger partial charge in [0.05, 0.1) is 17.9 Å². The van der Waals surface area contributed by atoms with E-state index in [2.05, 4.69) is 20.9 Å². The summed E-state index contributed by atoms with van der Waals surface area (Å²) in [7, 11) is 0. The molecule has 34 heavy (non-hydrogen) atoms. The monoisotopic (exact) mass is 488 g/mol. The molecule has 1 saturated carbocycles. The third-order valence-corrected chi connectivity index (χ3v) is 7.74. The molecule has 0 bridgehead atoms. The molecule has 0 aromatic heterocycles. The minimum absolute atomic E-state index is 0.0288. The lowest BCUT2D eigenvalue weighted by Gasteiger charge is -2.32. The van der Waals surface area contributed by atoms with Crippen LogP contribution in [0.15, 0.2) is 29.2 Å². The third-order valence-electron chi connectivity index (χ3n) is 6.67. The fourth-order valence-corrected chi connectivity index (χ4v) is 5.53. The molecule has 0 unspecified atom stereocenters. The minimum atomic E-state index is -0.0927. The van der Waals surface area contributed by atoms with Crippen molar-refractivity contribution in [1.82, 2.24) is 20.9 Å². The Labute approximate surface area is 208 Å². The van der Waals surface area contributed by atoms with E-state index in [0.717, 1.165) is 43.8 Å². The molecule has 1 aliphatic carbocycles. The zero-order chi connectivity index (χ0) is 24.2. The van der Waals surface area contributed by atoms with Crippen molar-refractivity contribution < 1.29 is 14.4 Å². The maximum atomic E-state index is 13.0. The lowest BCUT2D eigenvalue weighted by atomic mass is 9.89. The molecular weight excluding hydrogens is 448 g/mol. The Morgan fingerprint density at radius 1 is 0.971 bits per heavy atom. The smallest absolute Gasteiger partial charge is 0.252 e. The molecule has 0 spiro atoms. The summed E-state index contributed by atoms with van der Waals surface area (Å²) in [5.41, 5.74) is 0.619. The van der Waals surface area contributed by atoms with Gasteiger partial charge in [0.25, 0.3) is 5.91 Å². The maximum absolute atomic E-state index is 13.0. The number of nitrogens with zero attached hydrogens (tertiary/aromatic N) is 1. The number of piperidine rings is 1. The van der Waals surface area contributed by atoms with Crippen LogP contribution in [0.2, 0.25) is 0 Å². The Balaban J connectivity index is 1.41. The molecule has 1 saturated heterocycles. The minimum Gasteiger partial charge on any atom is -0.355 e. The Hall–Kier alpha value is -2.06. The van der Waals surface area contributed by atoms with E-state index in [1.165, 1.54) is 43.9 Å². The highest BCUT2D eigenvalue weighted by molar-refractivity contribution is 8.00. The second kappa shape index (κ2) is 14.4. The van der Waals surface area contributed by atoms with Crippen LogP contribution in [0.25, 0.3) is 0 Å². The summed E-state index contributed by atoms with van der Waals surface area (Å²) in [5.74, 6) is 0.928. The van der Waals surface area contributed by atoms with E-state index in [4.69, 9.17) is 0 Å². The Morgan fingerprint density at radius 2 is 1.71 bits per heavy atom. The van der Waals surface area contributed by atoms with E-state index >= 15 is 0 Å². The zero-order valence-corrected chi connectivity index (χ0v) is 21.3. The number of likely N-dealkylation sites (tertiary alicyclic amines) is 1. The summed E-state index contributed by atoms with van der Waals surface area (Å²) in [6.07, 6.45) is 8.86. The summed E-state index contributed by atoms with van der Waals surface area (Å²) < 4.78 is 0. The largest absolute Gasteiger partial charge is 0.355 e. The van der Waals surface area contributed by atoms with Gasteiger partial charge in [0, 0.05) is 37.1 Å². The maximum Gasteiger partial charge on any atom is 0.252 e. The van der Waals surface area contributed by atoms with Crippen molar-refractivity contribution in [2.24, 2.45) is 5.92 Å². The standard InChI is InChI=1S/C26H40N4O3S/c1-2-14-27-24(31)18-30-15-12-21(13-16-30)29-26(33)22-10-6-7-11-23(22)34-19-25(32)28-17-20-8-4-3-5-9-20/h6-7,10-11,20-21H,2-5,8-9,12-19H2,1H3,(H,27,31)(H,28,32)(H,29,33). The van der Waals surface area contributed by atoms with Crippen molar-refractivity contribution in [2.45, 2.75) is 69.2 Å². The summed E-state index contributed by atoms with van der Waals surface area (Å²) in [6.45, 7) is 5.52. The van der Waals surface area contributed by atoms with E-state index in [-0.39, 0.29) is 23.8 Å². The average molecular weight is 489 g/mol. The van der Waals surface area contributed by atoms with E-state index in [9.17, 15) is 14.4 Å². The zero-order valence-electron chi connectivity index (χ0n) is 20.4. The van der Waals surface area contributed by atoms with Gasteiger partial charge in [0.1, 0.15) is 0 Å². The molecule has 1 aromatic carbocycles. The van der Waals surface area contributed by atoms with Crippen LogP contribution in [0.3, 0.4) is 0 Å². The van der Waals surface area contributed by atoms with Gasteiger partial charge in [0.2, 0.25) is 11.8 Å². The number of benzene rings is 1. The Bertz CT molecular complexity index is 805. The predicted molar refractivity (Wildman–Crippen MR) is 137 cm³/mol. The number of carbonyl (C=O) groups excluding carboxylic acids is 3. The van der Waals surface area contributed by atoms with Crippen LogP contribution in [-0.4, -0.2) is 67.1 Å². The molecule has 1 aromatic rings. The molecular formula is C26H40N4O3S. The van der Waals surface area contributed by atoms with Crippen LogP contribution in [-0.2, 0) is 9.59 Å². The molecule has 0 radical (unpaired) electrons. The van der Waals surface area contributed by atoms with Crippen molar-refractivity contribution in [3.8, 4) is 0 Å². The van der Waals surface area contributed by atoms with Gasteiger partial charge in [-0.2, -0.15) is 0 Å². The van der Waals surface area contributed by atoms with E-state index < -0.39 is 0 Å². The number of thioether (sulfide) groups is 1. The SMILES string of the molecule is CCCNC(=O)CN1CCC(NC(=O)c2ccccc2SCC(=O)NCC2CCCCC2)CC1. The highest BCUT2D eigenvalue weighted by Crippen LogP contribution is 2.24. The lowest BCUT2D eigenvalue weighted by molar-refractivity contribution is -0.122. The second-order valence-electron chi connectivity index (χ2n) is 9.47. The molecule has 1 aliphatic heterocycles. The highest BCUT2D eigenvalue weighted by atomic mass is 32.2. The number of amides is 3. The molecule has 8 heteroatoms. The van der Waals surface area contributed by atoms with Gasteiger partial charge in [-0.15, -0.1) is 11.8 Å². The van der Waals surface area contributed by atoms with Crippen molar-refractivity contribution >= 4 is 29.5 Å². The van der Waals surface area contributed by atoms with E-state index in [1.54, 1.807) is 0 Å². The number of hydrogen-bond acceptors (Lipinski definition) is 5. The first-order valence-corrected chi connectivity index (χ1v) is 13.8. The van der Waals surface area contributed by atoms with Crippen LogP contribution in [0.5, 0.6) is 0 Å². The summed E-state index contributed by atoms with van der Waals surface area (Å²) in [6, 6.07) is 7.59. The molecule has 1 heterocycles. The van der Waals surface area contributed by atoms with Crippen LogP contribution in [0.1, 0.15) is 68.6 Å².